The molecule has 37 heavy (non-hydrogen) atoms. The van der Waals surface area contributed by atoms with Crippen LogP contribution in [0.3, 0.4) is 0 Å². The van der Waals surface area contributed by atoms with Crippen LogP contribution in [0.2, 0.25) is 0 Å². The van der Waals surface area contributed by atoms with Gasteiger partial charge in [-0.15, -0.1) is 0 Å². The second-order valence-electron chi connectivity index (χ2n) is 10.6. The molecule has 0 aliphatic heterocycles. The average Bonchev–Trinajstić information content (AvgIpc) is 2.91. The Balaban J connectivity index is 1.36. The van der Waals surface area contributed by atoms with Crippen molar-refractivity contribution < 1.29 is 9.84 Å². The fraction of sp³-hybridized carbons (Fsp3) is 0.455. The van der Waals surface area contributed by atoms with Crippen LogP contribution in [0, 0.1) is 0 Å². The lowest BCUT2D eigenvalue weighted by Crippen LogP contribution is -2.21. The monoisotopic (exact) mass is 500 g/mol. The number of benzene rings is 3. The molecule has 0 heterocycles. The summed E-state index contributed by atoms with van der Waals surface area (Å²) in [6, 6.07) is 21.7. The summed E-state index contributed by atoms with van der Waals surface area (Å²) in [5.74, 6) is 1.70. The molecule has 198 valence electrons. The normalized spacial score (nSPS) is 15.7. The molecule has 3 aromatic rings. The molecule has 0 fully saturated rings. The predicted molar refractivity (Wildman–Crippen MR) is 155 cm³/mol. The van der Waals surface area contributed by atoms with E-state index in [0.717, 1.165) is 50.9 Å². The molecule has 2 unspecified atom stereocenters. The fourth-order valence-electron chi connectivity index (χ4n) is 5.52. The van der Waals surface area contributed by atoms with E-state index < -0.39 is 0 Å². The van der Waals surface area contributed by atoms with E-state index in [1.807, 2.05) is 12.1 Å². The van der Waals surface area contributed by atoms with Crippen molar-refractivity contribution in [1.82, 2.24) is 5.32 Å². The lowest BCUT2D eigenvalue weighted by atomic mass is 9.79. The maximum absolute atomic E-state index is 9.86. The van der Waals surface area contributed by atoms with Gasteiger partial charge in [0.1, 0.15) is 11.5 Å². The number of anilines is 1. The lowest BCUT2D eigenvalue weighted by molar-refractivity contribution is 0.414. The third-order valence-electron chi connectivity index (χ3n) is 7.63. The number of fused-ring (bicyclic) bond motifs is 1. The van der Waals surface area contributed by atoms with Gasteiger partial charge < -0.3 is 20.5 Å². The minimum Gasteiger partial charge on any atom is -0.508 e. The molecule has 0 amide bonds. The van der Waals surface area contributed by atoms with Crippen molar-refractivity contribution in [3.05, 3.63) is 88.5 Å². The van der Waals surface area contributed by atoms with E-state index in [1.165, 1.54) is 52.8 Å². The number of phenolic OH excluding ortho intramolecular Hbond substituents is 1. The molecule has 4 nitrogen and oxygen atoms in total. The summed E-state index contributed by atoms with van der Waals surface area (Å²) in [4.78, 5) is 0. The van der Waals surface area contributed by atoms with Crippen LogP contribution in [0.1, 0.15) is 73.3 Å². The molecule has 4 heteroatoms. The Kier molecular flexibility index (Phi) is 9.90. The summed E-state index contributed by atoms with van der Waals surface area (Å²) >= 11 is 0. The molecule has 1 aliphatic rings. The number of phenols is 1. The second-order valence-corrected chi connectivity index (χ2v) is 10.6. The molecular formula is C33H44N2O2. The number of hydrogen-bond donors (Lipinski definition) is 3. The van der Waals surface area contributed by atoms with E-state index in [0.29, 0.717) is 17.7 Å². The zero-order valence-corrected chi connectivity index (χ0v) is 22.9. The van der Waals surface area contributed by atoms with E-state index >= 15 is 0 Å². The Morgan fingerprint density at radius 2 is 1.76 bits per heavy atom. The van der Waals surface area contributed by atoms with Crippen molar-refractivity contribution in [1.29, 1.82) is 0 Å². The first-order chi connectivity index (χ1) is 18.1. The number of rotatable bonds is 13. The topological polar surface area (TPSA) is 53.5 Å². The van der Waals surface area contributed by atoms with Gasteiger partial charge in [-0.05, 0) is 110 Å². The maximum atomic E-state index is 9.86. The van der Waals surface area contributed by atoms with Crippen LogP contribution in [0.25, 0.3) is 0 Å². The Bertz CT molecular complexity index is 1130. The third kappa shape index (κ3) is 7.75. The minimum atomic E-state index is 0.296. The molecule has 1 aliphatic carbocycles. The molecular weight excluding hydrogens is 456 g/mol. The van der Waals surface area contributed by atoms with Gasteiger partial charge in [-0.3, -0.25) is 0 Å². The second kappa shape index (κ2) is 13.5. The van der Waals surface area contributed by atoms with Crippen LogP contribution >= 0.6 is 0 Å². The Morgan fingerprint density at radius 1 is 0.946 bits per heavy atom. The average molecular weight is 501 g/mol. The van der Waals surface area contributed by atoms with E-state index in [4.69, 9.17) is 4.74 Å². The number of unbranched alkanes of at least 4 members (excludes halogenated alkanes) is 2. The van der Waals surface area contributed by atoms with Crippen molar-refractivity contribution in [2.75, 3.05) is 25.5 Å². The first-order valence-electron chi connectivity index (χ1n) is 14.1. The van der Waals surface area contributed by atoms with Crippen molar-refractivity contribution in [3.63, 3.8) is 0 Å². The molecule has 0 aromatic heterocycles. The van der Waals surface area contributed by atoms with E-state index in [-0.39, 0.29) is 0 Å². The van der Waals surface area contributed by atoms with Crippen molar-refractivity contribution in [3.8, 4) is 11.5 Å². The van der Waals surface area contributed by atoms with Crippen LogP contribution in [-0.4, -0.2) is 31.3 Å². The Hall–Kier alpha value is -2.98. The zero-order chi connectivity index (χ0) is 26.0. The first kappa shape index (κ1) is 27.1. The predicted octanol–water partition coefficient (Wildman–Crippen LogP) is 7.04. The van der Waals surface area contributed by atoms with Crippen LogP contribution in [0.5, 0.6) is 11.5 Å². The van der Waals surface area contributed by atoms with E-state index in [1.54, 1.807) is 7.11 Å². The summed E-state index contributed by atoms with van der Waals surface area (Å²) < 4.78 is 5.57. The Labute approximate surface area is 223 Å². The zero-order valence-electron chi connectivity index (χ0n) is 22.9. The van der Waals surface area contributed by atoms with Gasteiger partial charge in [0.15, 0.2) is 0 Å². The summed E-state index contributed by atoms with van der Waals surface area (Å²) in [5.41, 5.74) is 7.91. The van der Waals surface area contributed by atoms with Gasteiger partial charge in [0, 0.05) is 17.8 Å². The largest absolute Gasteiger partial charge is 0.508 e. The van der Waals surface area contributed by atoms with E-state index in [2.05, 4.69) is 73.0 Å². The summed E-state index contributed by atoms with van der Waals surface area (Å²) in [7, 11) is 1.73. The SMILES string of the molecule is CCCCCNCCc1ccc(CC(C)Nc2cc(OC)ccc2C2CCc3cc(O)ccc3C2)cc1. The minimum absolute atomic E-state index is 0.296. The molecule has 0 radical (unpaired) electrons. The van der Waals surface area contributed by atoms with Crippen LogP contribution in [0.15, 0.2) is 60.7 Å². The number of nitrogens with one attached hydrogen (secondary N) is 2. The number of aromatic hydroxyl groups is 1. The van der Waals surface area contributed by atoms with E-state index in [9.17, 15) is 5.11 Å². The Morgan fingerprint density at radius 3 is 2.54 bits per heavy atom. The van der Waals surface area contributed by atoms with Crippen molar-refractivity contribution >= 4 is 5.69 Å². The molecule has 4 rings (SSSR count). The standard InChI is InChI=1S/C33H44N2O2/c1-4-5-6-18-34-19-17-25-7-9-26(10-8-25)20-24(2)35-33-23-31(37-3)15-16-32(33)29-12-11-28-22-30(36)14-13-27(28)21-29/h7-10,13-16,22-24,29,34-36H,4-6,11-12,17-21H2,1-3H3. The molecule has 0 saturated heterocycles. The van der Waals surface area contributed by atoms with Crippen molar-refractivity contribution in [2.24, 2.45) is 0 Å². The smallest absolute Gasteiger partial charge is 0.120 e. The molecule has 0 bridgehead atoms. The first-order valence-corrected chi connectivity index (χ1v) is 14.1. The third-order valence-corrected chi connectivity index (χ3v) is 7.63. The highest BCUT2D eigenvalue weighted by Crippen LogP contribution is 2.38. The van der Waals surface area contributed by atoms with Gasteiger partial charge in [-0.2, -0.15) is 0 Å². The number of hydrogen-bond acceptors (Lipinski definition) is 4. The summed E-state index contributed by atoms with van der Waals surface area (Å²) in [6.45, 7) is 6.68. The maximum Gasteiger partial charge on any atom is 0.120 e. The number of methoxy groups -OCH3 is 1. The van der Waals surface area contributed by atoms with Crippen molar-refractivity contribution in [2.45, 2.75) is 77.2 Å². The van der Waals surface area contributed by atoms with Gasteiger partial charge in [0.25, 0.3) is 0 Å². The number of aryl methyl sites for hydroxylation is 1. The molecule has 3 aromatic carbocycles. The van der Waals surface area contributed by atoms with Gasteiger partial charge >= 0.3 is 0 Å². The van der Waals surface area contributed by atoms with Gasteiger partial charge in [-0.25, -0.2) is 0 Å². The van der Waals surface area contributed by atoms with Gasteiger partial charge in [0.2, 0.25) is 0 Å². The highest BCUT2D eigenvalue weighted by atomic mass is 16.5. The molecule has 0 spiro atoms. The highest BCUT2D eigenvalue weighted by Gasteiger charge is 2.23. The highest BCUT2D eigenvalue weighted by molar-refractivity contribution is 5.58. The molecule has 2 atom stereocenters. The van der Waals surface area contributed by atoms with Crippen LogP contribution in [-0.2, 0) is 25.7 Å². The summed E-state index contributed by atoms with van der Waals surface area (Å²) in [5, 5.41) is 17.2. The van der Waals surface area contributed by atoms with Crippen LogP contribution < -0.4 is 15.4 Å². The number of ether oxygens (including phenoxy) is 1. The van der Waals surface area contributed by atoms with Gasteiger partial charge in [0.05, 0.1) is 7.11 Å². The molecule has 0 saturated carbocycles. The molecule has 3 N–H and O–H groups in total. The quantitative estimate of drug-likeness (QED) is 0.220. The fourth-order valence-corrected chi connectivity index (χ4v) is 5.52. The van der Waals surface area contributed by atoms with Gasteiger partial charge in [-0.1, -0.05) is 56.2 Å². The summed E-state index contributed by atoms with van der Waals surface area (Å²) in [6.07, 6.45) is 8.99. The van der Waals surface area contributed by atoms with Crippen LogP contribution in [0.4, 0.5) is 5.69 Å². The lowest BCUT2D eigenvalue weighted by Gasteiger charge is -2.28.